The van der Waals surface area contributed by atoms with Crippen LogP contribution in [0.4, 0.5) is 5.82 Å². The van der Waals surface area contributed by atoms with Crippen LogP contribution in [0.5, 0.6) is 5.88 Å². The Morgan fingerprint density at radius 2 is 2.29 bits per heavy atom. The molecule has 1 aromatic heterocycles. The average molecular weight is 348 g/mol. The van der Waals surface area contributed by atoms with Crippen LogP contribution >= 0.6 is 11.6 Å². The summed E-state index contributed by atoms with van der Waals surface area (Å²) in [6.45, 7) is 3.14. The van der Waals surface area contributed by atoms with E-state index in [1.807, 2.05) is 23.1 Å². The Bertz CT molecular complexity index is 755. The van der Waals surface area contributed by atoms with Gasteiger partial charge in [-0.25, -0.2) is 0 Å². The lowest BCUT2D eigenvalue weighted by Gasteiger charge is -2.20. The third-order valence-electron chi connectivity index (χ3n) is 4.19. The van der Waals surface area contributed by atoms with Gasteiger partial charge >= 0.3 is 5.97 Å². The van der Waals surface area contributed by atoms with E-state index in [1.165, 1.54) is 0 Å². The van der Waals surface area contributed by atoms with E-state index >= 15 is 0 Å². The molecule has 0 radical (unpaired) electrons. The van der Waals surface area contributed by atoms with Crippen LogP contribution < -0.4 is 9.64 Å². The number of carboxylic acids is 1. The van der Waals surface area contributed by atoms with E-state index in [-0.39, 0.29) is 0 Å². The van der Waals surface area contributed by atoms with Crippen LogP contribution in [0.15, 0.2) is 36.7 Å². The molecule has 2 heterocycles. The first-order valence-corrected chi connectivity index (χ1v) is 8.02. The van der Waals surface area contributed by atoms with Crippen molar-refractivity contribution in [3.05, 3.63) is 47.2 Å². The largest absolute Gasteiger partial charge is 0.481 e. The molecule has 24 heavy (non-hydrogen) atoms. The molecule has 0 saturated carbocycles. The maximum absolute atomic E-state index is 11.4. The Labute approximate surface area is 145 Å². The van der Waals surface area contributed by atoms with Gasteiger partial charge in [0.1, 0.15) is 6.61 Å². The lowest BCUT2D eigenvalue weighted by Crippen LogP contribution is -2.32. The number of carboxylic acid groups (broad SMARTS) is 1. The fourth-order valence-corrected chi connectivity index (χ4v) is 2.89. The number of benzene rings is 1. The van der Waals surface area contributed by atoms with Crippen LogP contribution in [-0.4, -0.2) is 34.1 Å². The standard InChI is InChI=1S/C17H18ClN3O3/c1-17(16(22)23)5-6-21(11-17)14-8-19-9-15(20-14)24-10-12-3-2-4-13(18)7-12/h2-4,7-9H,5-6,10-11H2,1H3,(H,22,23). The van der Waals surface area contributed by atoms with Crippen LogP contribution in [0, 0.1) is 5.41 Å². The van der Waals surface area contributed by atoms with Crippen molar-refractivity contribution in [1.29, 1.82) is 0 Å². The van der Waals surface area contributed by atoms with Gasteiger partial charge in [-0.2, -0.15) is 4.98 Å². The summed E-state index contributed by atoms with van der Waals surface area (Å²) in [4.78, 5) is 21.9. The predicted octanol–water partition coefficient (Wildman–Crippen LogP) is 3.01. The fraction of sp³-hybridized carbons (Fsp3) is 0.353. The molecule has 1 saturated heterocycles. The summed E-state index contributed by atoms with van der Waals surface area (Å²) in [6, 6.07) is 7.41. The zero-order chi connectivity index (χ0) is 17.2. The monoisotopic (exact) mass is 347 g/mol. The maximum atomic E-state index is 11.4. The number of aromatic nitrogens is 2. The SMILES string of the molecule is CC1(C(=O)O)CCN(c2cncc(OCc3cccc(Cl)c3)n2)C1. The molecule has 0 amide bonds. The Hall–Kier alpha value is -2.34. The molecule has 1 fully saturated rings. The van der Waals surface area contributed by atoms with Crippen molar-refractivity contribution < 1.29 is 14.6 Å². The average Bonchev–Trinajstić information content (AvgIpc) is 2.97. The highest BCUT2D eigenvalue weighted by Crippen LogP contribution is 2.32. The Morgan fingerprint density at radius 3 is 3.00 bits per heavy atom. The zero-order valence-electron chi connectivity index (χ0n) is 13.3. The first-order chi connectivity index (χ1) is 11.5. The van der Waals surface area contributed by atoms with E-state index in [4.69, 9.17) is 16.3 Å². The second-order valence-electron chi connectivity index (χ2n) is 6.17. The van der Waals surface area contributed by atoms with Gasteiger partial charge in [0.05, 0.1) is 17.8 Å². The number of hydrogen-bond acceptors (Lipinski definition) is 5. The number of ether oxygens (including phenoxy) is 1. The van der Waals surface area contributed by atoms with Crippen molar-refractivity contribution in [2.75, 3.05) is 18.0 Å². The number of hydrogen-bond donors (Lipinski definition) is 1. The summed E-state index contributed by atoms with van der Waals surface area (Å²) < 4.78 is 5.67. The minimum absolute atomic E-state index is 0.339. The molecule has 0 aliphatic carbocycles. The summed E-state index contributed by atoms with van der Waals surface area (Å²) >= 11 is 5.95. The van der Waals surface area contributed by atoms with Gasteiger partial charge in [-0.05, 0) is 31.0 Å². The molecule has 7 heteroatoms. The third-order valence-corrected chi connectivity index (χ3v) is 4.42. The molecular weight excluding hydrogens is 330 g/mol. The van der Waals surface area contributed by atoms with Gasteiger partial charge in [-0.1, -0.05) is 23.7 Å². The summed E-state index contributed by atoms with van der Waals surface area (Å²) in [7, 11) is 0. The Morgan fingerprint density at radius 1 is 1.46 bits per heavy atom. The van der Waals surface area contributed by atoms with Crippen LogP contribution in [0.3, 0.4) is 0 Å². The highest BCUT2D eigenvalue weighted by atomic mass is 35.5. The van der Waals surface area contributed by atoms with Crippen LogP contribution in [0.2, 0.25) is 5.02 Å². The number of halogens is 1. The lowest BCUT2D eigenvalue weighted by molar-refractivity contribution is -0.146. The predicted molar refractivity (Wildman–Crippen MR) is 90.4 cm³/mol. The second-order valence-corrected chi connectivity index (χ2v) is 6.61. The van der Waals surface area contributed by atoms with E-state index < -0.39 is 11.4 Å². The number of anilines is 1. The third kappa shape index (κ3) is 3.59. The number of rotatable bonds is 5. The van der Waals surface area contributed by atoms with Gasteiger partial charge in [0.25, 0.3) is 0 Å². The first kappa shape index (κ1) is 16.5. The summed E-state index contributed by atoms with van der Waals surface area (Å²) in [6.07, 6.45) is 3.75. The molecule has 2 aromatic rings. The molecule has 3 rings (SSSR count). The molecule has 1 unspecified atom stereocenters. The number of carbonyl (C=O) groups is 1. The summed E-state index contributed by atoms with van der Waals surface area (Å²) in [5, 5.41) is 9.98. The van der Waals surface area contributed by atoms with Gasteiger partial charge in [0, 0.05) is 18.1 Å². The molecule has 6 nitrogen and oxygen atoms in total. The van der Waals surface area contributed by atoms with E-state index in [1.54, 1.807) is 25.4 Å². The molecule has 0 bridgehead atoms. The topological polar surface area (TPSA) is 75.5 Å². The van der Waals surface area contributed by atoms with Crippen LogP contribution in [0.1, 0.15) is 18.9 Å². The first-order valence-electron chi connectivity index (χ1n) is 7.64. The lowest BCUT2D eigenvalue weighted by atomic mass is 9.90. The zero-order valence-corrected chi connectivity index (χ0v) is 14.0. The molecular formula is C17H18ClN3O3. The maximum Gasteiger partial charge on any atom is 0.311 e. The van der Waals surface area contributed by atoms with Crippen molar-refractivity contribution in [3.8, 4) is 5.88 Å². The van der Waals surface area contributed by atoms with Crippen LogP contribution in [-0.2, 0) is 11.4 Å². The van der Waals surface area contributed by atoms with Crippen molar-refractivity contribution in [3.63, 3.8) is 0 Å². The highest BCUT2D eigenvalue weighted by Gasteiger charge is 2.41. The Balaban J connectivity index is 1.68. The quantitative estimate of drug-likeness (QED) is 0.896. The van der Waals surface area contributed by atoms with Gasteiger partial charge in [-0.15, -0.1) is 0 Å². The summed E-state index contributed by atoms with van der Waals surface area (Å²) in [5.74, 6) is 0.242. The molecule has 1 aliphatic rings. The van der Waals surface area contributed by atoms with Crippen molar-refractivity contribution in [2.45, 2.75) is 20.0 Å². The van der Waals surface area contributed by atoms with E-state index in [0.29, 0.717) is 42.8 Å². The molecule has 0 spiro atoms. The smallest absolute Gasteiger partial charge is 0.311 e. The van der Waals surface area contributed by atoms with Crippen LogP contribution in [0.25, 0.3) is 0 Å². The van der Waals surface area contributed by atoms with Gasteiger partial charge in [0.2, 0.25) is 5.88 Å². The normalized spacial score (nSPS) is 20.2. The summed E-state index contributed by atoms with van der Waals surface area (Å²) in [5.41, 5.74) is 0.189. The van der Waals surface area contributed by atoms with E-state index in [2.05, 4.69) is 9.97 Å². The van der Waals surface area contributed by atoms with Crippen molar-refractivity contribution >= 4 is 23.4 Å². The van der Waals surface area contributed by atoms with Crippen molar-refractivity contribution in [1.82, 2.24) is 9.97 Å². The molecule has 126 valence electrons. The highest BCUT2D eigenvalue weighted by molar-refractivity contribution is 6.30. The second kappa shape index (κ2) is 6.65. The molecule has 1 atom stereocenters. The number of aliphatic carboxylic acids is 1. The van der Waals surface area contributed by atoms with Gasteiger partial charge in [-0.3, -0.25) is 9.78 Å². The molecule has 1 aliphatic heterocycles. The number of nitrogens with zero attached hydrogens (tertiary/aromatic N) is 3. The molecule has 1 aromatic carbocycles. The van der Waals surface area contributed by atoms with Gasteiger partial charge in [0.15, 0.2) is 5.82 Å². The molecule has 1 N–H and O–H groups in total. The minimum atomic E-state index is -0.786. The minimum Gasteiger partial charge on any atom is -0.481 e. The van der Waals surface area contributed by atoms with Gasteiger partial charge < -0.3 is 14.7 Å². The Kier molecular flexibility index (Phi) is 4.57. The van der Waals surface area contributed by atoms with E-state index in [9.17, 15) is 9.90 Å². The van der Waals surface area contributed by atoms with E-state index in [0.717, 1.165) is 5.56 Å². The van der Waals surface area contributed by atoms with Crippen molar-refractivity contribution in [2.24, 2.45) is 5.41 Å². The fourth-order valence-electron chi connectivity index (χ4n) is 2.68.